The fourth-order valence-electron chi connectivity index (χ4n) is 2.76. The summed E-state index contributed by atoms with van der Waals surface area (Å²) >= 11 is 0. The van der Waals surface area contributed by atoms with Gasteiger partial charge in [-0.1, -0.05) is 62.4 Å². The molecule has 4 heteroatoms. The Labute approximate surface area is 159 Å². The van der Waals surface area contributed by atoms with E-state index in [4.69, 9.17) is 4.74 Å². The molecule has 0 unspecified atom stereocenters. The SMILES string of the molecule is C/C(=N/NC(=O)COc1ccc(C(C)C)cc1)c1ccc2ccccc2c1. The molecule has 4 nitrogen and oxygen atoms in total. The van der Waals surface area contributed by atoms with Gasteiger partial charge in [-0.15, -0.1) is 0 Å². The lowest BCUT2D eigenvalue weighted by Crippen LogP contribution is -2.25. The van der Waals surface area contributed by atoms with Crippen molar-refractivity contribution in [2.45, 2.75) is 26.7 Å². The second kappa shape index (κ2) is 8.49. The summed E-state index contributed by atoms with van der Waals surface area (Å²) in [5.41, 5.74) is 5.51. The first kappa shape index (κ1) is 18.6. The molecule has 0 saturated heterocycles. The summed E-state index contributed by atoms with van der Waals surface area (Å²) in [6.07, 6.45) is 0. The van der Waals surface area contributed by atoms with E-state index in [1.54, 1.807) is 0 Å². The molecule has 3 rings (SSSR count). The van der Waals surface area contributed by atoms with Crippen molar-refractivity contribution in [3.8, 4) is 5.75 Å². The van der Waals surface area contributed by atoms with Crippen molar-refractivity contribution in [3.05, 3.63) is 77.9 Å². The average Bonchev–Trinajstić information content (AvgIpc) is 2.70. The molecule has 0 fully saturated rings. The van der Waals surface area contributed by atoms with Crippen LogP contribution in [0.3, 0.4) is 0 Å². The Morgan fingerprint density at radius 2 is 1.70 bits per heavy atom. The number of hydrogen-bond donors (Lipinski definition) is 1. The number of fused-ring (bicyclic) bond motifs is 1. The summed E-state index contributed by atoms with van der Waals surface area (Å²) in [7, 11) is 0. The number of ether oxygens (including phenoxy) is 1. The van der Waals surface area contributed by atoms with Crippen molar-refractivity contribution in [3.63, 3.8) is 0 Å². The highest BCUT2D eigenvalue weighted by molar-refractivity contribution is 6.02. The van der Waals surface area contributed by atoms with Crippen LogP contribution in [0.4, 0.5) is 0 Å². The first-order valence-corrected chi connectivity index (χ1v) is 9.08. The van der Waals surface area contributed by atoms with Crippen molar-refractivity contribution < 1.29 is 9.53 Å². The summed E-state index contributed by atoms with van der Waals surface area (Å²) in [4.78, 5) is 12.0. The van der Waals surface area contributed by atoms with E-state index in [1.807, 2.05) is 49.4 Å². The molecule has 0 radical (unpaired) electrons. The van der Waals surface area contributed by atoms with Crippen LogP contribution >= 0.6 is 0 Å². The van der Waals surface area contributed by atoms with Crippen LogP contribution in [0.1, 0.15) is 37.8 Å². The number of rotatable bonds is 6. The topological polar surface area (TPSA) is 50.7 Å². The first-order valence-electron chi connectivity index (χ1n) is 9.08. The van der Waals surface area contributed by atoms with E-state index in [1.165, 1.54) is 10.9 Å². The average molecular weight is 360 g/mol. The van der Waals surface area contributed by atoms with Gasteiger partial charge in [0.05, 0.1) is 5.71 Å². The number of nitrogens with one attached hydrogen (secondary N) is 1. The molecular formula is C23H24N2O2. The van der Waals surface area contributed by atoms with Gasteiger partial charge in [-0.25, -0.2) is 5.43 Å². The molecule has 27 heavy (non-hydrogen) atoms. The van der Waals surface area contributed by atoms with Gasteiger partial charge in [0, 0.05) is 0 Å². The predicted molar refractivity (Wildman–Crippen MR) is 110 cm³/mol. The van der Waals surface area contributed by atoms with E-state index in [0.29, 0.717) is 11.7 Å². The maximum absolute atomic E-state index is 12.0. The highest BCUT2D eigenvalue weighted by Gasteiger charge is 2.05. The second-order valence-corrected chi connectivity index (χ2v) is 6.81. The van der Waals surface area contributed by atoms with Crippen molar-refractivity contribution >= 4 is 22.4 Å². The van der Waals surface area contributed by atoms with Crippen LogP contribution in [0.25, 0.3) is 10.8 Å². The number of hydrogen-bond acceptors (Lipinski definition) is 3. The molecule has 0 heterocycles. The van der Waals surface area contributed by atoms with Crippen molar-refractivity contribution in [1.29, 1.82) is 0 Å². The number of benzene rings is 3. The van der Waals surface area contributed by atoms with Crippen LogP contribution in [0, 0.1) is 0 Å². The fourth-order valence-corrected chi connectivity index (χ4v) is 2.76. The van der Waals surface area contributed by atoms with Crippen LogP contribution in [-0.4, -0.2) is 18.2 Å². The van der Waals surface area contributed by atoms with Crippen molar-refractivity contribution in [1.82, 2.24) is 5.43 Å². The van der Waals surface area contributed by atoms with Gasteiger partial charge in [0.1, 0.15) is 5.75 Å². The highest BCUT2D eigenvalue weighted by atomic mass is 16.5. The molecule has 0 aromatic heterocycles. The molecule has 0 aliphatic heterocycles. The number of hydrazone groups is 1. The standard InChI is InChI=1S/C23H24N2O2/c1-16(2)18-10-12-22(13-11-18)27-15-23(26)25-24-17(3)20-9-8-19-6-4-5-7-21(19)14-20/h4-14,16H,15H2,1-3H3,(H,25,26)/b24-17-. The molecule has 0 aliphatic carbocycles. The number of carbonyl (C=O) groups is 1. The Balaban J connectivity index is 1.56. The minimum Gasteiger partial charge on any atom is -0.484 e. The van der Waals surface area contributed by atoms with Crippen LogP contribution in [0.5, 0.6) is 5.75 Å². The van der Waals surface area contributed by atoms with Crippen LogP contribution in [-0.2, 0) is 4.79 Å². The molecular weight excluding hydrogens is 336 g/mol. The van der Waals surface area contributed by atoms with Gasteiger partial charge in [-0.05, 0) is 52.9 Å². The largest absolute Gasteiger partial charge is 0.484 e. The van der Waals surface area contributed by atoms with Gasteiger partial charge < -0.3 is 4.74 Å². The number of carbonyl (C=O) groups excluding carboxylic acids is 1. The minimum atomic E-state index is -0.289. The Morgan fingerprint density at radius 1 is 1.00 bits per heavy atom. The van der Waals surface area contributed by atoms with Gasteiger partial charge in [-0.2, -0.15) is 5.10 Å². The van der Waals surface area contributed by atoms with Crippen molar-refractivity contribution in [2.75, 3.05) is 6.61 Å². The maximum Gasteiger partial charge on any atom is 0.277 e. The number of nitrogens with zero attached hydrogens (tertiary/aromatic N) is 1. The molecule has 3 aromatic rings. The summed E-state index contributed by atoms with van der Waals surface area (Å²) in [5, 5.41) is 6.51. The third-order valence-corrected chi connectivity index (χ3v) is 4.43. The van der Waals surface area contributed by atoms with Crippen LogP contribution in [0.15, 0.2) is 71.8 Å². The van der Waals surface area contributed by atoms with Gasteiger partial charge in [0.15, 0.2) is 6.61 Å². The molecule has 1 amide bonds. The smallest absolute Gasteiger partial charge is 0.277 e. The van der Waals surface area contributed by atoms with Crippen LogP contribution < -0.4 is 10.2 Å². The van der Waals surface area contributed by atoms with Crippen molar-refractivity contribution in [2.24, 2.45) is 5.10 Å². The Kier molecular flexibility index (Phi) is 5.87. The molecule has 0 aliphatic rings. The summed E-state index contributed by atoms with van der Waals surface area (Å²) < 4.78 is 5.52. The zero-order chi connectivity index (χ0) is 19.2. The summed E-state index contributed by atoms with van der Waals surface area (Å²) in [6.45, 7) is 6.07. The zero-order valence-electron chi connectivity index (χ0n) is 15.9. The van der Waals surface area contributed by atoms with E-state index >= 15 is 0 Å². The molecule has 0 spiro atoms. The lowest BCUT2D eigenvalue weighted by Gasteiger charge is -2.08. The van der Waals surface area contributed by atoms with Gasteiger partial charge in [-0.3, -0.25) is 4.79 Å². The fraction of sp³-hybridized carbons (Fsp3) is 0.217. The van der Waals surface area contributed by atoms with E-state index < -0.39 is 0 Å². The molecule has 3 aromatic carbocycles. The van der Waals surface area contributed by atoms with E-state index in [9.17, 15) is 4.79 Å². The van der Waals surface area contributed by atoms with Gasteiger partial charge >= 0.3 is 0 Å². The van der Waals surface area contributed by atoms with E-state index in [-0.39, 0.29) is 12.5 Å². The molecule has 0 atom stereocenters. The minimum absolute atomic E-state index is 0.0739. The number of amides is 1. The third kappa shape index (κ3) is 4.94. The quantitative estimate of drug-likeness (QED) is 0.503. The monoisotopic (exact) mass is 360 g/mol. The Bertz CT molecular complexity index is 960. The third-order valence-electron chi connectivity index (χ3n) is 4.43. The van der Waals surface area contributed by atoms with E-state index in [0.717, 1.165) is 16.7 Å². The lowest BCUT2D eigenvalue weighted by atomic mass is 10.0. The first-order chi connectivity index (χ1) is 13.0. The Hall–Kier alpha value is -3.14. The second-order valence-electron chi connectivity index (χ2n) is 6.81. The van der Waals surface area contributed by atoms with Gasteiger partial charge in [0.25, 0.3) is 5.91 Å². The normalized spacial score (nSPS) is 11.6. The lowest BCUT2D eigenvalue weighted by molar-refractivity contribution is -0.123. The van der Waals surface area contributed by atoms with Crippen LogP contribution in [0.2, 0.25) is 0 Å². The summed E-state index contributed by atoms with van der Waals surface area (Å²) in [6, 6.07) is 22.0. The molecule has 0 bridgehead atoms. The van der Waals surface area contributed by atoms with Gasteiger partial charge in [0.2, 0.25) is 0 Å². The predicted octanol–water partition coefficient (Wildman–Crippen LogP) is 4.88. The zero-order valence-corrected chi connectivity index (χ0v) is 15.9. The molecule has 1 N–H and O–H groups in total. The maximum atomic E-state index is 12.0. The molecule has 0 saturated carbocycles. The summed E-state index contributed by atoms with van der Waals surface area (Å²) in [5.74, 6) is 0.850. The molecule has 138 valence electrons. The Morgan fingerprint density at radius 3 is 2.41 bits per heavy atom. The highest BCUT2D eigenvalue weighted by Crippen LogP contribution is 2.18. The van der Waals surface area contributed by atoms with E-state index in [2.05, 4.69) is 48.6 Å².